The zero-order valence-electron chi connectivity index (χ0n) is 11.2. The minimum atomic E-state index is -1.64. The molecular formula is C13H18F2O2S. The van der Waals surface area contributed by atoms with E-state index in [9.17, 15) is 13.6 Å². The van der Waals surface area contributed by atoms with Gasteiger partial charge in [0.05, 0.1) is 5.56 Å². The van der Waals surface area contributed by atoms with E-state index in [4.69, 9.17) is 4.18 Å². The number of aldehydes is 1. The summed E-state index contributed by atoms with van der Waals surface area (Å²) in [4.78, 5) is 10.6. The van der Waals surface area contributed by atoms with E-state index in [1.807, 2.05) is 33.3 Å². The second-order valence-electron chi connectivity index (χ2n) is 5.35. The van der Waals surface area contributed by atoms with Gasteiger partial charge in [0.25, 0.3) is 0 Å². The predicted octanol–water partition coefficient (Wildman–Crippen LogP) is 3.93. The molecule has 0 aromatic heterocycles. The van der Waals surface area contributed by atoms with E-state index in [1.54, 1.807) is 0 Å². The Balaban J connectivity index is 3.20. The zero-order chi connectivity index (χ0) is 14.1. The van der Waals surface area contributed by atoms with Gasteiger partial charge in [-0.05, 0) is 39.3 Å². The summed E-state index contributed by atoms with van der Waals surface area (Å²) in [6.07, 6.45) is 4.03. The first-order valence-electron chi connectivity index (χ1n) is 5.45. The van der Waals surface area contributed by atoms with Gasteiger partial charge in [-0.25, -0.2) is 8.78 Å². The van der Waals surface area contributed by atoms with Crippen LogP contribution < -0.4 is 4.18 Å². The van der Waals surface area contributed by atoms with Crippen molar-refractivity contribution in [1.29, 1.82) is 0 Å². The fourth-order valence-corrected chi connectivity index (χ4v) is 1.90. The van der Waals surface area contributed by atoms with E-state index in [1.165, 1.54) is 0 Å². The Morgan fingerprint density at radius 2 is 1.78 bits per heavy atom. The molecule has 0 aliphatic heterocycles. The molecule has 0 spiro atoms. The summed E-state index contributed by atoms with van der Waals surface area (Å²) in [5.41, 5.74) is -0.325. The van der Waals surface area contributed by atoms with Crippen molar-refractivity contribution < 1.29 is 17.8 Å². The molecule has 0 unspecified atom stereocenters. The molecule has 0 fully saturated rings. The molecule has 18 heavy (non-hydrogen) atoms. The molecule has 0 radical (unpaired) electrons. The van der Waals surface area contributed by atoms with Gasteiger partial charge in [-0.15, -0.1) is 0 Å². The van der Waals surface area contributed by atoms with Gasteiger partial charge >= 0.3 is 0 Å². The summed E-state index contributed by atoms with van der Waals surface area (Å²) in [5.74, 6) is -1.69. The van der Waals surface area contributed by atoms with Crippen LogP contribution in [0.5, 0.6) is 5.75 Å². The number of hydrogen-bond acceptors (Lipinski definition) is 2. The molecule has 0 saturated heterocycles. The van der Waals surface area contributed by atoms with Crippen LogP contribution in [0, 0.1) is 11.6 Å². The van der Waals surface area contributed by atoms with E-state index >= 15 is 0 Å². The monoisotopic (exact) mass is 276 g/mol. The molecule has 0 bridgehead atoms. The van der Waals surface area contributed by atoms with Crippen molar-refractivity contribution in [3.05, 3.63) is 29.3 Å². The van der Waals surface area contributed by atoms with E-state index in [0.29, 0.717) is 0 Å². The van der Waals surface area contributed by atoms with Crippen LogP contribution in [0.1, 0.15) is 31.1 Å². The van der Waals surface area contributed by atoms with Crippen molar-refractivity contribution in [2.45, 2.75) is 25.5 Å². The quantitative estimate of drug-likeness (QED) is 0.782. The number of hydrogen-bond donors (Lipinski definition) is 0. The fraction of sp³-hybridized carbons (Fsp3) is 0.462. The number of halogens is 2. The van der Waals surface area contributed by atoms with Crippen LogP contribution in [-0.2, 0) is 0 Å². The Hall–Kier alpha value is -1.10. The highest BCUT2D eigenvalue weighted by Crippen LogP contribution is 2.54. The highest BCUT2D eigenvalue weighted by Gasteiger charge is 2.31. The summed E-state index contributed by atoms with van der Waals surface area (Å²) in [5, 5.41) is 0. The maximum Gasteiger partial charge on any atom is 0.177 e. The van der Waals surface area contributed by atoms with E-state index in [-0.39, 0.29) is 22.3 Å². The van der Waals surface area contributed by atoms with Crippen LogP contribution in [0.2, 0.25) is 0 Å². The first kappa shape index (κ1) is 15.0. The van der Waals surface area contributed by atoms with E-state index in [0.717, 1.165) is 12.1 Å². The average molecular weight is 276 g/mol. The topological polar surface area (TPSA) is 26.3 Å². The molecule has 1 aromatic carbocycles. The molecule has 0 aliphatic rings. The van der Waals surface area contributed by atoms with E-state index in [2.05, 4.69) is 0 Å². The first-order valence-corrected chi connectivity index (χ1v) is 7.82. The van der Waals surface area contributed by atoms with Crippen molar-refractivity contribution in [2.75, 3.05) is 12.5 Å². The Labute approximate surface area is 108 Å². The lowest BCUT2D eigenvalue weighted by molar-refractivity contribution is 0.111. The highest BCUT2D eigenvalue weighted by molar-refractivity contribution is 8.30. The van der Waals surface area contributed by atoms with Crippen LogP contribution in [0.25, 0.3) is 0 Å². The van der Waals surface area contributed by atoms with Crippen LogP contribution in [0.15, 0.2) is 12.1 Å². The Morgan fingerprint density at radius 3 is 2.22 bits per heavy atom. The second-order valence-corrected chi connectivity index (χ2v) is 9.21. The molecule has 0 N–H and O–H groups in total. The molecule has 1 rings (SSSR count). The molecule has 0 atom stereocenters. The van der Waals surface area contributed by atoms with Crippen molar-refractivity contribution in [1.82, 2.24) is 0 Å². The summed E-state index contributed by atoms with van der Waals surface area (Å²) >= 11 is 0. The minimum absolute atomic E-state index is 0.187. The van der Waals surface area contributed by atoms with Crippen molar-refractivity contribution in [2.24, 2.45) is 0 Å². The van der Waals surface area contributed by atoms with Crippen LogP contribution >= 0.6 is 10.3 Å². The van der Waals surface area contributed by atoms with Gasteiger partial charge < -0.3 is 4.18 Å². The number of benzene rings is 1. The van der Waals surface area contributed by atoms with E-state index < -0.39 is 21.9 Å². The lowest BCUT2D eigenvalue weighted by Gasteiger charge is -2.43. The summed E-state index contributed by atoms with van der Waals surface area (Å²) in [6, 6.07) is 1.83. The Bertz CT molecular complexity index is 465. The molecule has 0 aliphatic carbocycles. The first-order chi connectivity index (χ1) is 8.08. The van der Waals surface area contributed by atoms with Gasteiger partial charge in [0.15, 0.2) is 17.9 Å². The Kier molecular flexibility index (Phi) is 4.05. The highest BCUT2D eigenvalue weighted by atomic mass is 32.3. The lowest BCUT2D eigenvalue weighted by atomic mass is 10.2. The van der Waals surface area contributed by atoms with Crippen LogP contribution in [-0.4, -0.2) is 23.5 Å². The van der Waals surface area contributed by atoms with Crippen molar-refractivity contribution >= 4 is 16.6 Å². The molecule has 5 heteroatoms. The van der Waals surface area contributed by atoms with Crippen molar-refractivity contribution in [3.8, 4) is 5.75 Å². The van der Waals surface area contributed by atoms with Gasteiger partial charge in [-0.3, -0.25) is 4.79 Å². The smallest absolute Gasteiger partial charge is 0.177 e. The minimum Gasteiger partial charge on any atom is -0.446 e. The molecule has 0 heterocycles. The lowest BCUT2D eigenvalue weighted by Crippen LogP contribution is -2.27. The van der Waals surface area contributed by atoms with Gasteiger partial charge in [0.1, 0.15) is 5.82 Å². The fourth-order valence-electron chi connectivity index (χ4n) is 1.08. The number of carbonyl (C=O) groups is 1. The Morgan fingerprint density at radius 1 is 1.22 bits per heavy atom. The standard InChI is InChI=1S/C13H18F2O2S/c1-13(2,3)18(4,5)17-11-7-10(14)6-9(8-16)12(11)15/h6-8H,1-5H3. The molecule has 2 nitrogen and oxygen atoms in total. The van der Waals surface area contributed by atoms with Crippen LogP contribution in [0.3, 0.4) is 0 Å². The van der Waals surface area contributed by atoms with Crippen LogP contribution in [0.4, 0.5) is 8.78 Å². The zero-order valence-corrected chi connectivity index (χ0v) is 12.0. The second kappa shape index (κ2) is 4.88. The summed E-state index contributed by atoms with van der Waals surface area (Å²) in [7, 11) is -1.64. The SMILES string of the molecule is CC(C)(C)S(C)(C)Oc1cc(F)cc(C=O)c1F. The molecular weight excluding hydrogens is 258 g/mol. The van der Waals surface area contributed by atoms with Gasteiger partial charge in [0.2, 0.25) is 0 Å². The predicted molar refractivity (Wildman–Crippen MR) is 71.6 cm³/mol. The van der Waals surface area contributed by atoms with Crippen molar-refractivity contribution in [3.63, 3.8) is 0 Å². The van der Waals surface area contributed by atoms with Gasteiger partial charge in [-0.2, -0.15) is 0 Å². The summed E-state index contributed by atoms with van der Waals surface area (Å²) in [6.45, 7) is 5.92. The largest absolute Gasteiger partial charge is 0.446 e. The average Bonchev–Trinajstić information content (AvgIpc) is 2.20. The maximum atomic E-state index is 13.9. The number of carbonyl (C=O) groups excluding carboxylic acids is 1. The normalized spacial score (nSPS) is 13.3. The third-order valence-corrected chi connectivity index (χ3v) is 6.48. The number of rotatable bonds is 3. The maximum absolute atomic E-state index is 13.9. The molecule has 102 valence electrons. The molecule has 0 saturated carbocycles. The third kappa shape index (κ3) is 3.02. The third-order valence-electron chi connectivity index (χ3n) is 2.93. The summed E-state index contributed by atoms with van der Waals surface area (Å²) < 4.78 is 32.6. The van der Waals surface area contributed by atoms with Gasteiger partial charge in [0, 0.05) is 10.8 Å². The molecule has 0 amide bonds. The molecule has 1 aromatic rings. The van der Waals surface area contributed by atoms with Gasteiger partial charge in [-0.1, -0.05) is 10.3 Å².